The Kier molecular flexibility index (Phi) is 6.70. The van der Waals surface area contributed by atoms with Crippen molar-refractivity contribution in [2.45, 2.75) is 25.1 Å². The normalized spacial score (nSPS) is 13.3. The number of fused-ring (bicyclic) bond motifs is 1. The van der Waals surface area contributed by atoms with Crippen molar-refractivity contribution in [1.82, 2.24) is 19.7 Å². The fourth-order valence-electron chi connectivity index (χ4n) is 2.59. The van der Waals surface area contributed by atoms with Crippen LogP contribution in [0.1, 0.15) is 11.4 Å². The molecule has 0 saturated carbocycles. The van der Waals surface area contributed by atoms with Gasteiger partial charge in [-0.05, 0) is 12.1 Å². The first kappa shape index (κ1) is 21.7. The summed E-state index contributed by atoms with van der Waals surface area (Å²) in [4.78, 5) is 27.7. The predicted molar refractivity (Wildman–Crippen MR) is 99.5 cm³/mol. The number of hydrogen-bond acceptors (Lipinski definition) is 8. The summed E-state index contributed by atoms with van der Waals surface area (Å²) in [6, 6.07) is 4.16. The molecular formula is C17H17ClF2N4O6. The third-order valence-electron chi connectivity index (χ3n) is 3.95. The Bertz CT molecular complexity index is 1090. The van der Waals surface area contributed by atoms with Crippen LogP contribution in [0.5, 0.6) is 11.6 Å². The molecule has 0 saturated heterocycles. The summed E-state index contributed by atoms with van der Waals surface area (Å²) < 4.78 is 43.2. The first-order chi connectivity index (χ1) is 14.4. The quantitative estimate of drug-likeness (QED) is 0.372. The molecule has 0 aliphatic rings. The van der Waals surface area contributed by atoms with Gasteiger partial charge in [-0.25, -0.2) is 18.6 Å². The molecule has 0 aliphatic heterocycles. The van der Waals surface area contributed by atoms with E-state index in [4.69, 9.17) is 30.6 Å². The summed E-state index contributed by atoms with van der Waals surface area (Å²) in [5, 5.41) is 9.80. The molecule has 30 heavy (non-hydrogen) atoms. The maximum atomic E-state index is 14.1. The van der Waals surface area contributed by atoms with Gasteiger partial charge in [0.05, 0.1) is 26.4 Å². The molecule has 2 atom stereocenters. The first-order valence-electron chi connectivity index (χ1n) is 8.43. The summed E-state index contributed by atoms with van der Waals surface area (Å²) in [5.41, 5.74) is -2.71. The highest BCUT2D eigenvalue weighted by Gasteiger charge is 2.26. The molecule has 2 heterocycles. The van der Waals surface area contributed by atoms with E-state index in [0.717, 1.165) is 0 Å². The fraction of sp³-hybridized carbons (Fsp3) is 0.353. The zero-order valence-corrected chi connectivity index (χ0v) is 16.5. The zero-order chi connectivity index (χ0) is 21.8. The lowest BCUT2D eigenvalue weighted by Crippen LogP contribution is -2.39. The van der Waals surface area contributed by atoms with Gasteiger partial charge in [0, 0.05) is 0 Å². The summed E-state index contributed by atoms with van der Waals surface area (Å²) in [6.07, 6.45) is -1.64. The number of nitrogens with one attached hydrogen (secondary N) is 1. The van der Waals surface area contributed by atoms with Crippen LogP contribution in [-0.4, -0.2) is 50.9 Å². The van der Waals surface area contributed by atoms with Gasteiger partial charge >= 0.3 is 5.69 Å². The highest BCUT2D eigenvalue weighted by atomic mass is 35.5. The lowest BCUT2D eigenvalue weighted by atomic mass is 10.2. The van der Waals surface area contributed by atoms with Gasteiger partial charge in [-0.2, -0.15) is 4.98 Å². The number of aromatic amines is 1. The highest BCUT2D eigenvalue weighted by Crippen LogP contribution is 2.23. The number of ether oxygens (including phenoxy) is 3. The molecule has 2 unspecified atom stereocenters. The van der Waals surface area contributed by atoms with Crippen LogP contribution in [-0.2, 0) is 18.0 Å². The molecule has 0 spiro atoms. The molecule has 2 N–H and O–H groups in total. The van der Waals surface area contributed by atoms with E-state index < -0.39 is 36.6 Å². The van der Waals surface area contributed by atoms with Gasteiger partial charge in [-0.15, -0.1) is 4.73 Å². The smallest absolute Gasteiger partial charge is 0.361 e. The van der Waals surface area contributed by atoms with E-state index in [2.05, 4.69) is 15.0 Å². The topological polar surface area (TPSA) is 121 Å². The fourth-order valence-corrected chi connectivity index (χ4v) is 2.71. The lowest BCUT2D eigenvalue weighted by molar-refractivity contribution is -0.182. The van der Waals surface area contributed by atoms with Crippen LogP contribution in [0, 0.1) is 5.82 Å². The van der Waals surface area contributed by atoms with E-state index in [1.54, 1.807) is 0 Å². The molecule has 3 aromatic rings. The van der Waals surface area contributed by atoms with Crippen LogP contribution in [0.4, 0.5) is 8.78 Å². The van der Waals surface area contributed by atoms with Crippen LogP contribution in [0.3, 0.4) is 0 Å². The third-order valence-corrected chi connectivity index (χ3v) is 4.15. The van der Waals surface area contributed by atoms with E-state index in [1.807, 2.05) is 0 Å². The van der Waals surface area contributed by atoms with E-state index >= 15 is 0 Å². The molecule has 1 aromatic carbocycles. The van der Waals surface area contributed by atoms with Crippen LogP contribution >= 0.6 is 11.6 Å². The average molecular weight is 447 g/mol. The van der Waals surface area contributed by atoms with Crippen molar-refractivity contribution in [3.8, 4) is 11.6 Å². The summed E-state index contributed by atoms with van der Waals surface area (Å²) >= 11 is 5.70. The number of imidazole rings is 1. The van der Waals surface area contributed by atoms with Gasteiger partial charge in [0.25, 0.3) is 6.29 Å². The van der Waals surface area contributed by atoms with E-state index in [1.165, 1.54) is 32.4 Å². The van der Waals surface area contributed by atoms with Crippen molar-refractivity contribution in [2.24, 2.45) is 0 Å². The molecule has 2 aromatic heterocycles. The van der Waals surface area contributed by atoms with E-state index in [0.29, 0.717) is 4.73 Å². The van der Waals surface area contributed by atoms with Crippen molar-refractivity contribution in [1.29, 1.82) is 0 Å². The van der Waals surface area contributed by atoms with Crippen molar-refractivity contribution in [2.75, 3.05) is 14.2 Å². The number of aliphatic hydroxyl groups is 1. The van der Waals surface area contributed by atoms with Crippen molar-refractivity contribution in [3.63, 3.8) is 0 Å². The second kappa shape index (κ2) is 9.24. The number of alkyl halides is 2. The second-order valence-corrected chi connectivity index (χ2v) is 6.23. The number of nitrogens with zero attached hydrogens (tertiary/aromatic N) is 3. The second-order valence-electron chi connectivity index (χ2n) is 5.78. The molecule has 0 radical (unpaired) electrons. The Morgan fingerprint density at radius 1 is 1.30 bits per heavy atom. The van der Waals surface area contributed by atoms with Crippen LogP contribution in [0.2, 0.25) is 0 Å². The largest absolute Gasteiger partial charge is 0.496 e. The molecule has 0 bridgehead atoms. The van der Waals surface area contributed by atoms with Crippen LogP contribution in [0.15, 0.2) is 23.0 Å². The number of benzene rings is 1. The number of halogens is 3. The Morgan fingerprint density at radius 3 is 2.70 bits per heavy atom. The van der Waals surface area contributed by atoms with E-state index in [-0.39, 0.29) is 34.2 Å². The van der Waals surface area contributed by atoms with Gasteiger partial charge in [0.1, 0.15) is 18.2 Å². The predicted octanol–water partition coefficient (Wildman–Crippen LogP) is 1.27. The number of H-pyrrole nitrogens is 1. The SMILES string of the molecule is COc1cccc(F)c1COC(On1c(=O)[nH]c2c(OC)nc(CF)nc21)C(O)Cl. The standard InChI is InChI=1S/C17H17ClF2N4O6/c1-27-10-5-3-4-9(20)8(10)7-29-16(13(18)25)30-24-14-12(23-17(24)26)15(28-2)22-11(6-19)21-14/h3-5,13,16,25H,6-7H2,1-2H3,(H,23,26). The highest BCUT2D eigenvalue weighted by molar-refractivity contribution is 6.19. The number of aliphatic hydroxyl groups excluding tert-OH is 1. The molecule has 3 rings (SSSR count). The summed E-state index contributed by atoms with van der Waals surface area (Å²) in [6.45, 7) is -1.44. The Balaban J connectivity index is 1.92. The minimum Gasteiger partial charge on any atom is -0.496 e. The molecule has 13 heteroatoms. The van der Waals surface area contributed by atoms with Crippen molar-refractivity contribution >= 4 is 22.8 Å². The number of rotatable bonds is 9. The van der Waals surface area contributed by atoms with Gasteiger partial charge < -0.3 is 24.2 Å². The summed E-state index contributed by atoms with van der Waals surface area (Å²) in [5.74, 6) is -0.776. The monoisotopic (exact) mass is 446 g/mol. The first-order valence-corrected chi connectivity index (χ1v) is 8.87. The van der Waals surface area contributed by atoms with Crippen molar-refractivity contribution in [3.05, 3.63) is 45.9 Å². The summed E-state index contributed by atoms with van der Waals surface area (Å²) in [7, 11) is 2.63. The number of methoxy groups -OCH3 is 2. The number of hydrogen-bond donors (Lipinski definition) is 2. The number of aromatic nitrogens is 4. The van der Waals surface area contributed by atoms with Gasteiger partial charge in [0.15, 0.2) is 16.9 Å². The molecule has 10 nitrogen and oxygen atoms in total. The Hall–Kier alpha value is -2.96. The third kappa shape index (κ3) is 4.30. The van der Waals surface area contributed by atoms with E-state index in [9.17, 15) is 18.7 Å². The molecule has 162 valence electrons. The zero-order valence-electron chi connectivity index (χ0n) is 15.8. The Morgan fingerprint density at radius 2 is 2.07 bits per heavy atom. The van der Waals surface area contributed by atoms with Crippen LogP contribution < -0.4 is 20.0 Å². The molecule has 0 amide bonds. The minimum atomic E-state index is -1.76. The maximum absolute atomic E-state index is 14.1. The maximum Gasteiger partial charge on any atom is 0.361 e. The van der Waals surface area contributed by atoms with Gasteiger partial charge in [0.2, 0.25) is 11.5 Å². The molecule has 0 fully saturated rings. The van der Waals surface area contributed by atoms with Crippen molar-refractivity contribution < 1.29 is 32.9 Å². The average Bonchev–Trinajstić information content (AvgIpc) is 3.05. The van der Waals surface area contributed by atoms with Gasteiger partial charge in [-0.1, -0.05) is 17.7 Å². The van der Waals surface area contributed by atoms with Crippen LogP contribution in [0.25, 0.3) is 11.2 Å². The molecular weight excluding hydrogens is 430 g/mol. The molecule has 0 aliphatic carbocycles. The Labute approximate surface area is 172 Å². The lowest BCUT2D eigenvalue weighted by Gasteiger charge is -2.20. The minimum absolute atomic E-state index is 0.0262. The van der Waals surface area contributed by atoms with Gasteiger partial charge in [-0.3, -0.25) is 4.98 Å².